The van der Waals surface area contributed by atoms with Crippen LogP contribution < -0.4 is 10.6 Å². The Bertz CT molecular complexity index is 1110. The molecule has 0 radical (unpaired) electrons. The monoisotopic (exact) mass is 556 g/mol. The van der Waals surface area contributed by atoms with Gasteiger partial charge in [-0.1, -0.05) is 51.1 Å². The fourth-order valence-electron chi connectivity index (χ4n) is 5.02. The molecule has 0 saturated carbocycles. The van der Waals surface area contributed by atoms with Crippen LogP contribution in [0.15, 0.2) is 30.3 Å². The fraction of sp³-hybridized carbons (Fsp3) is 0.581. The molecule has 9 nitrogen and oxygen atoms in total. The van der Waals surface area contributed by atoms with Crippen LogP contribution in [0.3, 0.4) is 0 Å². The number of fused-ring (bicyclic) bond motifs is 1. The minimum atomic E-state index is -1.19. The third kappa shape index (κ3) is 9.20. The van der Waals surface area contributed by atoms with E-state index in [9.17, 15) is 34.2 Å². The number of aliphatic hydroxyl groups excluding tert-OH is 2. The number of amides is 2. The Balaban J connectivity index is 2.18. The first-order valence-corrected chi connectivity index (χ1v) is 14.1. The van der Waals surface area contributed by atoms with Crippen molar-refractivity contribution in [2.75, 3.05) is 6.61 Å². The minimum Gasteiger partial charge on any atom is -0.396 e. The van der Waals surface area contributed by atoms with Crippen molar-refractivity contribution >= 4 is 34.7 Å². The fourth-order valence-corrected chi connectivity index (χ4v) is 5.02. The molecule has 0 aromatic heterocycles. The largest absolute Gasteiger partial charge is 0.396 e. The van der Waals surface area contributed by atoms with E-state index in [1.54, 1.807) is 13.8 Å². The Morgan fingerprint density at radius 1 is 0.950 bits per heavy atom. The zero-order valence-corrected chi connectivity index (χ0v) is 24.2. The van der Waals surface area contributed by atoms with E-state index in [4.69, 9.17) is 0 Å². The molecular formula is C31H44N2O7. The van der Waals surface area contributed by atoms with Crippen LogP contribution in [0, 0.1) is 17.8 Å². The Morgan fingerprint density at radius 3 is 2.20 bits per heavy atom. The van der Waals surface area contributed by atoms with Gasteiger partial charge in [0.1, 0.15) is 5.78 Å². The van der Waals surface area contributed by atoms with Gasteiger partial charge >= 0.3 is 0 Å². The van der Waals surface area contributed by atoms with Gasteiger partial charge in [0.25, 0.3) is 0 Å². The van der Waals surface area contributed by atoms with Gasteiger partial charge in [0, 0.05) is 25.7 Å². The predicted molar refractivity (Wildman–Crippen MR) is 152 cm³/mol. The van der Waals surface area contributed by atoms with Crippen molar-refractivity contribution in [2.45, 2.75) is 91.3 Å². The van der Waals surface area contributed by atoms with Crippen molar-refractivity contribution in [3.05, 3.63) is 41.5 Å². The maximum atomic E-state index is 13.4. The van der Waals surface area contributed by atoms with Crippen molar-refractivity contribution in [3.63, 3.8) is 0 Å². The van der Waals surface area contributed by atoms with Crippen LogP contribution >= 0.6 is 0 Å². The lowest BCUT2D eigenvalue weighted by Gasteiger charge is -2.27. The van der Waals surface area contributed by atoms with Gasteiger partial charge in [0.2, 0.25) is 11.8 Å². The molecule has 1 aromatic rings. The zero-order chi connectivity index (χ0) is 30.0. The lowest BCUT2D eigenvalue weighted by atomic mass is 9.88. The first-order valence-electron chi connectivity index (χ1n) is 14.1. The van der Waals surface area contributed by atoms with Crippen LogP contribution in [-0.4, -0.2) is 64.2 Å². The molecule has 0 aliphatic heterocycles. The van der Waals surface area contributed by atoms with Gasteiger partial charge < -0.3 is 25.6 Å². The topological polar surface area (TPSA) is 150 Å². The van der Waals surface area contributed by atoms with E-state index >= 15 is 0 Å². The Morgan fingerprint density at radius 2 is 1.62 bits per heavy atom. The Hall–Kier alpha value is -3.17. The number of carbonyl (C=O) groups is 5. The van der Waals surface area contributed by atoms with E-state index < -0.39 is 54.2 Å². The number of Topliss-reactive ketones (excluding diaryl/α,β-unsaturated/α-hetero) is 3. The highest BCUT2D eigenvalue weighted by molar-refractivity contribution is 5.96. The van der Waals surface area contributed by atoms with Crippen LogP contribution in [-0.2, 0) is 30.4 Å². The molecule has 0 spiro atoms. The molecule has 2 rings (SSSR count). The highest BCUT2D eigenvalue weighted by atomic mass is 16.3. The second-order valence-electron chi connectivity index (χ2n) is 11.1. The maximum absolute atomic E-state index is 13.4. The summed E-state index contributed by atoms with van der Waals surface area (Å²) in [4.78, 5) is 63.8. The smallest absolute Gasteiger partial charge is 0.226 e. The molecule has 2 amide bonds. The Labute approximate surface area is 236 Å². The number of ketones is 3. The minimum absolute atomic E-state index is 0.121. The van der Waals surface area contributed by atoms with E-state index in [2.05, 4.69) is 16.7 Å². The van der Waals surface area contributed by atoms with Crippen molar-refractivity contribution < 1.29 is 34.2 Å². The van der Waals surface area contributed by atoms with Crippen molar-refractivity contribution in [1.82, 2.24) is 10.6 Å². The molecular weight excluding hydrogens is 512 g/mol. The molecule has 0 bridgehead atoms. The molecule has 0 unspecified atom stereocenters. The summed E-state index contributed by atoms with van der Waals surface area (Å²) >= 11 is 0. The number of aliphatic hydroxyl groups is 2. The van der Waals surface area contributed by atoms with Crippen LogP contribution in [0.1, 0.15) is 77.8 Å². The number of allylic oxidation sites excluding steroid dienone is 1. The lowest BCUT2D eigenvalue weighted by Crippen LogP contribution is -2.50. The summed E-state index contributed by atoms with van der Waals surface area (Å²) in [5.74, 6) is -4.56. The molecule has 4 N–H and O–H groups in total. The highest BCUT2D eigenvalue weighted by Crippen LogP contribution is 2.31. The number of benzene rings is 1. The van der Waals surface area contributed by atoms with Gasteiger partial charge in [-0.3, -0.25) is 19.2 Å². The van der Waals surface area contributed by atoms with Crippen LogP contribution in [0.2, 0.25) is 0 Å². The number of hydrogen-bond acceptors (Lipinski definition) is 7. The van der Waals surface area contributed by atoms with E-state index in [1.165, 1.54) is 13.8 Å². The van der Waals surface area contributed by atoms with Crippen molar-refractivity contribution in [2.24, 2.45) is 17.8 Å². The van der Waals surface area contributed by atoms with Crippen molar-refractivity contribution in [3.8, 4) is 0 Å². The number of rotatable bonds is 17. The summed E-state index contributed by atoms with van der Waals surface area (Å²) in [5.41, 5.74) is 3.18. The zero-order valence-electron chi connectivity index (χ0n) is 24.2. The first-order chi connectivity index (χ1) is 18.9. The average molecular weight is 557 g/mol. The summed E-state index contributed by atoms with van der Waals surface area (Å²) in [7, 11) is 0. The third-order valence-electron chi connectivity index (χ3n) is 7.33. The molecule has 0 heterocycles. The summed E-state index contributed by atoms with van der Waals surface area (Å²) in [5, 5.41) is 25.4. The van der Waals surface area contributed by atoms with Crippen LogP contribution in [0.5, 0.6) is 0 Å². The standard InChI is InChI=1S/C31H44N2O7/c1-6-9-27(37)26(15-22-13-12-21-10-7-8-11-24(21)22)32-31(40)25(20(5)36)16-28(38)29(18(2)3)33-30(39)23(17-34)14-19(4)35/h7-8,10-11,13,18,20,23,25-26,29,34,36H,6,9,12,14-17H2,1-5H3,(H,32,40)(H,33,39)/t20-,23+,25+,26+,29+/m1/s1. The molecule has 1 aliphatic carbocycles. The van der Waals surface area contributed by atoms with Gasteiger partial charge in [0.15, 0.2) is 11.6 Å². The maximum Gasteiger partial charge on any atom is 0.226 e. The molecule has 0 saturated heterocycles. The highest BCUT2D eigenvalue weighted by Gasteiger charge is 2.35. The molecule has 0 fully saturated rings. The second kappa shape index (κ2) is 15.6. The van der Waals surface area contributed by atoms with Gasteiger partial charge in [-0.05, 0) is 49.3 Å². The third-order valence-corrected chi connectivity index (χ3v) is 7.33. The van der Waals surface area contributed by atoms with Gasteiger partial charge in [-0.15, -0.1) is 0 Å². The molecule has 9 heteroatoms. The molecule has 1 aliphatic rings. The molecule has 220 valence electrons. The van der Waals surface area contributed by atoms with Gasteiger partial charge in [-0.2, -0.15) is 0 Å². The normalized spacial score (nSPS) is 16.2. The quantitative estimate of drug-likeness (QED) is 0.230. The van der Waals surface area contributed by atoms with Gasteiger partial charge in [0.05, 0.1) is 36.6 Å². The lowest BCUT2D eigenvalue weighted by molar-refractivity contribution is -0.137. The predicted octanol–water partition coefficient (Wildman–Crippen LogP) is 2.55. The Kier molecular flexibility index (Phi) is 12.9. The number of nitrogens with one attached hydrogen (secondary N) is 2. The van der Waals surface area contributed by atoms with E-state index in [-0.39, 0.29) is 36.7 Å². The number of carbonyl (C=O) groups excluding carboxylic acids is 5. The summed E-state index contributed by atoms with van der Waals surface area (Å²) in [6.45, 7) is 7.52. The van der Waals surface area contributed by atoms with Crippen molar-refractivity contribution in [1.29, 1.82) is 0 Å². The van der Waals surface area contributed by atoms with E-state index in [0.717, 1.165) is 23.1 Å². The van der Waals surface area contributed by atoms with Gasteiger partial charge in [-0.25, -0.2) is 0 Å². The number of hydrogen-bond donors (Lipinski definition) is 4. The van der Waals surface area contributed by atoms with E-state index in [0.29, 0.717) is 12.8 Å². The first kappa shape index (κ1) is 33.0. The van der Waals surface area contributed by atoms with Crippen LogP contribution in [0.25, 0.3) is 5.57 Å². The summed E-state index contributed by atoms with van der Waals surface area (Å²) in [6.07, 6.45) is 2.32. The molecule has 40 heavy (non-hydrogen) atoms. The van der Waals surface area contributed by atoms with E-state index in [1.807, 2.05) is 31.2 Å². The molecule has 5 atom stereocenters. The second-order valence-corrected chi connectivity index (χ2v) is 11.1. The summed E-state index contributed by atoms with van der Waals surface area (Å²) in [6, 6.07) is 6.12. The SMILES string of the molecule is CCCC(=O)[C@H](CC1=CCc2ccccc21)NC(=O)[C@@H](CC(=O)[C@@H](NC(=O)[C@H](CO)CC(C)=O)C(C)C)[C@@H](C)O. The van der Waals surface area contributed by atoms with Crippen LogP contribution in [0.4, 0.5) is 0 Å². The average Bonchev–Trinajstić information content (AvgIpc) is 3.30. The summed E-state index contributed by atoms with van der Waals surface area (Å²) < 4.78 is 0. The molecule has 1 aromatic carbocycles.